The number of rotatable bonds is 2. The van der Waals surface area contributed by atoms with Gasteiger partial charge in [0, 0.05) is 11.8 Å². The average Bonchev–Trinajstić information content (AvgIpc) is 2.83. The average molecular weight is 241 g/mol. The number of methoxy groups -OCH3 is 1. The van der Waals surface area contributed by atoms with E-state index < -0.39 is 0 Å². The number of pyridine rings is 1. The normalized spacial score (nSPS) is 10.7. The predicted octanol–water partition coefficient (Wildman–Crippen LogP) is 2.11. The monoisotopic (exact) mass is 241 g/mol. The van der Waals surface area contributed by atoms with Gasteiger partial charge in [0.1, 0.15) is 0 Å². The molecular weight excluding hydrogens is 230 g/mol. The van der Waals surface area contributed by atoms with Gasteiger partial charge in [-0.2, -0.15) is 0 Å². The molecule has 0 aliphatic rings. The molecule has 5 heteroatoms. The molecular formula is C13H11N3O2. The lowest BCUT2D eigenvalue weighted by Crippen LogP contribution is -1.87. The van der Waals surface area contributed by atoms with E-state index in [1.807, 2.05) is 24.4 Å². The van der Waals surface area contributed by atoms with Crippen molar-refractivity contribution < 1.29 is 9.84 Å². The molecule has 90 valence electrons. The number of benzene rings is 1. The Kier molecular flexibility index (Phi) is 2.37. The van der Waals surface area contributed by atoms with E-state index >= 15 is 0 Å². The fourth-order valence-electron chi connectivity index (χ4n) is 1.77. The van der Waals surface area contributed by atoms with E-state index in [1.54, 1.807) is 22.7 Å². The predicted molar refractivity (Wildman–Crippen MR) is 66.6 cm³/mol. The first-order valence-corrected chi connectivity index (χ1v) is 5.47. The maximum absolute atomic E-state index is 9.55. The molecule has 3 rings (SSSR count). The minimum Gasteiger partial charge on any atom is -0.504 e. The first kappa shape index (κ1) is 10.6. The third-order valence-electron chi connectivity index (χ3n) is 2.68. The van der Waals surface area contributed by atoms with Crippen LogP contribution in [0.5, 0.6) is 11.5 Å². The summed E-state index contributed by atoms with van der Waals surface area (Å²) in [5, 5.41) is 13.9. The molecule has 0 fully saturated rings. The molecule has 0 saturated carbocycles. The van der Waals surface area contributed by atoms with Crippen molar-refractivity contribution in [2.45, 2.75) is 0 Å². The molecule has 0 radical (unpaired) electrons. The van der Waals surface area contributed by atoms with E-state index in [4.69, 9.17) is 4.74 Å². The van der Waals surface area contributed by atoms with Crippen molar-refractivity contribution in [2.75, 3.05) is 7.11 Å². The van der Waals surface area contributed by atoms with Crippen LogP contribution in [0.15, 0.2) is 42.6 Å². The summed E-state index contributed by atoms with van der Waals surface area (Å²) in [6.45, 7) is 0. The molecule has 2 aromatic heterocycles. The van der Waals surface area contributed by atoms with Gasteiger partial charge in [0.25, 0.3) is 0 Å². The van der Waals surface area contributed by atoms with E-state index in [2.05, 4.69) is 10.1 Å². The van der Waals surface area contributed by atoms with Gasteiger partial charge in [-0.3, -0.25) is 0 Å². The molecule has 18 heavy (non-hydrogen) atoms. The smallest absolute Gasteiger partial charge is 0.182 e. The summed E-state index contributed by atoms with van der Waals surface area (Å²) in [4.78, 5) is 4.40. The van der Waals surface area contributed by atoms with E-state index in [9.17, 15) is 5.11 Å². The molecule has 0 spiro atoms. The third kappa shape index (κ3) is 1.66. The van der Waals surface area contributed by atoms with E-state index in [0.717, 1.165) is 11.2 Å². The van der Waals surface area contributed by atoms with Gasteiger partial charge in [-0.25, -0.2) is 9.50 Å². The molecule has 0 atom stereocenters. The Morgan fingerprint density at radius 1 is 1.22 bits per heavy atom. The van der Waals surface area contributed by atoms with Crippen LogP contribution in [-0.4, -0.2) is 26.8 Å². The SMILES string of the molecule is COc1cc(-c2nc3ccccn3n2)ccc1O. The Labute approximate surface area is 103 Å². The lowest BCUT2D eigenvalue weighted by atomic mass is 10.2. The van der Waals surface area contributed by atoms with Gasteiger partial charge >= 0.3 is 0 Å². The van der Waals surface area contributed by atoms with Gasteiger partial charge in [-0.15, -0.1) is 5.10 Å². The summed E-state index contributed by atoms with van der Waals surface area (Å²) in [5.74, 6) is 1.11. The second kappa shape index (κ2) is 4.03. The van der Waals surface area contributed by atoms with Crippen LogP contribution in [0.1, 0.15) is 0 Å². The number of nitrogens with zero attached hydrogens (tertiary/aromatic N) is 3. The third-order valence-corrected chi connectivity index (χ3v) is 2.68. The van der Waals surface area contributed by atoms with Crippen LogP contribution in [0.4, 0.5) is 0 Å². The molecule has 2 heterocycles. The molecule has 3 aromatic rings. The number of hydrogen-bond donors (Lipinski definition) is 1. The Morgan fingerprint density at radius 2 is 2.11 bits per heavy atom. The summed E-state index contributed by atoms with van der Waals surface area (Å²) in [6, 6.07) is 10.7. The summed E-state index contributed by atoms with van der Waals surface area (Å²) in [7, 11) is 1.51. The lowest BCUT2D eigenvalue weighted by Gasteiger charge is -2.03. The van der Waals surface area contributed by atoms with E-state index in [-0.39, 0.29) is 5.75 Å². The van der Waals surface area contributed by atoms with Crippen LogP contribution in [0.3, 0.4) is 0 Å². The van der Waals surface area contributed by atoms with Crippen LogP contribution in [0, 0.1) is 0 Å². The maximum Gasteiger partial charge on any atom is 0.182 e. The van der Waals surface area contributed by atoms with Crippen LogP contribution in [0.25, 0.3) is 17.0 Å². The molecule has 0 aliphatic heterocycles. The van der Waals surface area contributed by atoms with Crippen LogP contribution < -0.4 is 4.74 Å². The summed E-state index contributed by atoms with van der Waals surface area (Å²) < 4.78 is 6.77. The van der Waals surface area contributed by atoms with E-state index in [1.165, 1.54) is 7.11 Å². The number of aromatic nitrogens is 3. The van der Waals surface area contributed by atoms with Crippen molar-refractivity contribution in [2.24, 2.45) is 0 Å². The molecule has 0 unspecified atom stereocenters. The van der Waals surface area contributed by atoms with Gasteiger partial charge in [-0.05, 0) is 30.3 Å². The molecule has 0 saturated heterocycles. The summed E-state index contributed by atoms with van der Waals surface area (Å²) in [6.07, 6.45) is 1.84. The van der Waals surface area contributed by atoms with Gasteiger partial charge < -0.3 is 9.84 Å². The Balaban J connectivity index is 2.13. The Morgan fingerprint density at radius 3 is 2.89 bits per heavy atom. The number of fused-ring (bicyclic) bond motifs is 1. The quantitative estimate of drug-likeness (QED) is 0.746. The highest BCUT2D eigenvalue weighted by Gasteiger charge is 2.09. The summed E-state index contributed by atoms with van der Waals surface area (Å²) >= 11 is 0. The number of phenolic OH excluding ortho intramolecular Hbond substituents is 1. The second-order valence-corrected chi connectivity index (χ2v) is 3.83. The number of ether oxygens (including phenoxy) is 1. The number of aromatic hydroxyl groups is 1. The highest BCUT2D eigenvalue weighted by molar-refractivity contribution is 5.62. The van der Waals surface area contributed by atoms with Crippen molar-refractivity contribution >= 4 is 5.65 Å². The minimum atomic E-state index is 0.102. The molecule has 0 aliphatic carbocycles. The number of hydrogen-bond acceptors (Lipinski definition) is 4. The van der Waals surface area contributed by atoms with Gasteiger partial charge in [-0.1, -0.05) is 6.07 Å². The highest BCUT2D eigenvalue weighted by atomic mass is 16.5. The molecule has 5 nitrogen and oxygen atoms in total. The fraction of sp³-hybridized carbons (Fsp3) is 0.0769. The largest absolute Gasteiger partial charge is 0.504 e. The molecule has 1 aromatic carbocycles. The van der Waals surface area contributed by atoms with Gasteiger partial charge in [0.15, 0.2) is 23.0 Å². The maximum atomic E-state index is 9.55. The zero-order valence-corrected chi connectivity index (χ0v) is 9.74. The van der Waals surface area contributed by atoms with Crippen molar-refractivity contribution in [3.63, 3.8) is 0 Å². The lowest BCUT2D eigenvalue weighted by molar-refractivity contribution is 0.373. The van der Waals surface area contributed by atoms with Gasteiger partial charge in [0.2, 0.25) is 0 Å². The standard InChI is InChI=1S/C13H11N3O2/c1-18-11-8-9(5-6-10(11)17)13-14-12-4-2-3-7-16(12)15-13/h2-8,17H,1H3. The van der Waals surface area contributed by atoms with Crippen molar-refractivity contribution in [3.8, 4) is 22.9 Å². The van der Waals surface area contributed by atoms with Crippen LogP contribution in [-0.2, 0) is 0 Å². The van der Waals surface area contributed by atoms with Crippen molar-refractivity contribution in [1.29, 1.82) is 0 Å². The Hall–Kier alpha value is -2.56. The molecule has 1 N–H and O–H groups in total. The zero-order chi connectivity index (χ0) is 12.5. The molecule has 0 amide bonds. The number of phenols is 1. The van der Waals surface area contributed by atoms with Crippen LogP contribution in [0.2, 0.25) is 0 Å². The molecule has 0 bridgehead atoms. The minimum absolute atomic E-state index is 0.102. The topological polar surface area (TPSA) is 59.7 Å². The first-order chi connectivity index (χ1) is 8.78. The second-order valence-electron chi connectivity index (χ2n) is 3.83. The van der Waals surface area contributed by atoms with Gasteiger partial charge in [0.05, 0.1) is 7.11 Å². The van der Waals surface area contributed by atoms with Crippen LogP contribution >= 0.6 is 0 Å². The highest BCUT2D eigenvalue weighted by Crippen LogP contribution is 2.30. The first-order valence-electron chi connectivity index (χ1n) is 5.47. The Bertz CT molecular complexity index is 673. The summed E-state index contributed by atoms with van der Waals surface area (Å²) in [5.41, 5.74) is 1.58. The van der Waals surface area contributed by atoms with Crippen molar-refractivity contribution in [1.82, 2.24) is 14.6 Å². The fourth-order valence-corrected chi connectivity index (χ4v) is 1.77. The zero-order valence-electron chi connectivity index (χ0n) is 9.74. The van der Waals surface area contributed by atoms with E-state index in [0.29, 0.717) is 11.6 Å². The van der Waals surface area contributed by atoms with Crippen molar-refractivity contribution in [3.05, 3.63) is 42.6 Å².